The van der Waals surface area contributed by atoms with E-state index in [2.05, 4.69) is 9.97 Å². The molecule has 0 radical (unpaired) electrons. The monoisotopic (exact) mass is 436 g/mol. The quantitative estimate of drug-likeness (QED) is 0.640. The molecule has 160 valence electrons. The van der Waals surface area contributed by atoms with E-state index in [1.165, 1.54) is 10.6 Å². The first-order valence-electron chi connectivity index (χ1n) is 9.31. The maximum atomic E-state index is 13.7. The number of aryl methyl sites for hydroxylation is 2. The Bertz CT molecular complexity index is 1100. The maximum absolute atomic E-state index is 13.7. The molecule has 0 unspecified atom stereocenters. The molecule has 0 bridgehead atoms. The minimum Gasteiger partial charge on any atom is -0.487 e. The molecular weight excluding hydrogens is 414 g/mol. The first kappa shape index (κ1) is 23.3. The summed E-state index contributed by atoms with van der Waals surface area (Å²) in [4.78, 5) is 20.8. The second kappa shape index (κ2) is 10.2. The molecule has 0 saturated heterocycles. The molecule has 30 heavy (non-hydrogen) atoms. The summed E-state index contributed by atoms with van der Waals surface area (Å²) in [5.41, 5.74) is 6.68. The lowest BCUT2D eigenvalue weighted by molar-refractivity contribution is 0.298. The lowest BCUT2D eigenvalue weighted by Gasteiger charge is -2.15. The van der Waals surface area contributed by atoms with Crippen LogP contribution < -0.4 is 16.0 Å². The maximum Gasteiger partial charge on any atom is 0.273 e. The topological polar surface area (TPSA) is 83.0 Å². The number of ether oxygens (including phenoxy) is 1. The number of nitrogen functional groups attached to an aromatic ring is 1. The normalized spacial score (nSPS) is 10.4. The van der Waals surface area contributed by atoms with Crippen molar-refractivity contribution in [2.24, 2.45) is 0 Å². The Morgan fingerprint density at radius 1 is 1.17 bits per heavy atom. The van der Waals surface area contributed by atoms with E-state index in [9.17, 15) is 13.6 Å². The van der Waals surface area contributed by atoms with E-state index in [1.54, 1.807) is 26.1 Å². The van der Waals surface area contributed by atoms with E-state index in [1.807, 2.05) is 13.8 Å². The number of pyridine rings is 1. The molecule has 0 saturated carbocycles. The summed E-state index contributed by atoms with van der Waals surface area (Å²) in [6.07, 6.45) is 1.55. The first-order valence-corrected chi connectivity index (χ1v) is 9.68. The summed E-state index contributed by atoms with van der Waals surface area (Å²) < 4.78 is 33.6. The van der Waals surface area contributed by atoms with Gasteiger partial charge in [-0.05, 0) is 26.0 Å². The van der Waals surface area contributed by atoms with Crippen LogP contribution in [-0.4, -0.2) is 14.5 Å². The third-order valence-electron chi connectivity index (χ3n) is 4.16. The number of aromatic nitrogens is 3. The molecule has 0 aliphatic carbocycles. The summed E-state index contributed by atoms with van der Waals surface area (Å²) >= 11 is 6.16. The molecule has 3 aromatic rings. The highest BCUT2D eigenvalue weighted by atomic mass is 35.5. The second-order valence-electron chi connectivity index (χ2n) is 6.21. The van der Waals surface area contributed by atoms with Crippen molar-refractivity contribution in [1.29, 1.82) is 0 Å². The number of rotatable bonds is 5. The predicted molar refractivity (Wildman–Crippen MR) is 113 cm³/mol. The zero-order chi connectivity index (χ0) is 22.4. The van der Waals surface area contributed by atoms with Crippen molar-refractivity contribution in [1.82, 2.24) is 14.5 Å². The number of halogens is 3. The van der Waals surface area contributed by atoms with Crippen molar-refractivity contribution >= 4 is 17.4 Å². The molecule has 2 aromatic heterocycles. The zero-order valence-corrected chi connectivity index (χ0v) is 17.9. The number of benzene rings is 1. The molecule has 2 heterocycles. The SMILES string of the molecule is CC.Cc1ncc(Cn2c(C)cc(OCc3ccc(F)cc3F)c(Cl)c2=O)c(N)n1. The van der Waals surface area contributed by atoms with Crippen LogP contribution in [0.3, 0.4) is 0 Å². The van der Waals surface area contributed by atoms with Crippen molar-refractivity contribution in [2.75, 3.05) is 5.73 Å². The molecule has 0 amide bonds. The minimum absolute atomic E-state index is 0.109. The molecule has 0 aliphatic heterocycles. The largest absolute Gasteiger partial charge is 0.487 e. The summed E-state index contributed by atoms with van der Waals surface area (Å²) in [7, 11) is 0. The van der Waals surface area contributed by atoms with Gasteiger partial charge in [-0.15, -0.1) is 0 Å². The van der Waals surface area contributed by atoms with Crippen molar-refractivity contribution < 1.29 is 13.5 Å². The van der Waals surface area contributed by atoms with Gasteiger partial charge in [-0.25, -0.2) is 18.7 Å². The van der Waals surface area contributed by atoms with Gasteiger partial charge in [0.25, 0.3) is 5.56 Å². The third kappa shape index (κ3) is 5.33. The van der Waals surface area contributed by atoms with Gasteiger partial charge >= 0.3 is 0 Å². The van der Waals surface area contributed by atoms with Crippen molar-refractivity contribution in [3.63, 3.8) is 0 Å². The van der Waals surface area contributed by atoms with Gasteiger partial charge < -0.3 is 15.0 Å². The van der Waals surface area contributed by atoms with Crippen LogP contribution in [0, 0.1) is 25.5 Å². The Morgan fingerprint density at radius 3 is 2.50 bits per heavy atom. The van der Waals surface area contributed by atoms with E-state index in [0.717, 1.165) is 12.1 Å². The summed E-state index contributed by atoms with van der Waals surface area (Å²) in [6, 6.07) is 4.72. The predicted octanol–water partition coefficient (Wildman–Crippen LogP) is 4.42. The Morgan fingerprint density at radius 2 is 1.87 bits per heavy atom. The van der Waals surface area contributed by atoms with E-state index < -0.39 is 17.2 Å². The average Bonchev–Trinajstić information content (AvgIpc) is 2.71. The van der Waals surface area contributed by atoms with E-state index >= 15 is 0 Å². The van der Waals surface area contributed by atoms with Gasteiger partial charge in [0.2, 0.25) is 0 Å². The molecule has 2 N–H and O–H groups in total. The second-order valence-corrected chi connectivity index (χ2v) is 6.59. The van der Waals surface area contributed by atoms with Crippen LogP contribution in [0.25, 0.3) is 0 Å². The fourth-order valence-corrected chi connectivity index (χ4v) is 2.83. The number of hydrogen-bond donors (Lipinski definition) is 1. The van der Waals surface area contributed by atoms with E-state index in [-0.39, 0.29) is 35.3 Å². The molecule has 3 rings (SSSR count). The van der Waals surface area contributed by atoms with Crippen LogP contribution in [0.4, 0.5) is 14.6 Å². The highest BCUT2D eigenvalue weighted by Crippen LogP contribution is 2.24. The van der Waals surface area contributed by atoms with Crippen LogP contribution in [0.15, 0.2) is 35.3 Å². The van der Waals surface area contributed by atoms with E-state index in [4.69, 9.17) is 22.1 Å². The zero-order valence-electron chi connectivity index (χ0n) is 17.2. The molecule has 1 aromatic carbocycles. The van der Waals surface area contributed by atoms with Gasteiger partial charge in [0.15, 0.2) is 0 Å². The van der Waals surface area contributed by atoms with Crippen LogP contribution in [-0.2, 0) is 13.2 Å². The fraction of sp³-hybridized carbons (Fsp3) is 0.286. The molecule has 9 heteroatoms. The van der Waals surface area contributed by atoms with Gasteiger partial charge in [0, 0.05) is 35.2 Å². The number of anilines is 1. The Balaban J connectivity index is 0.00000155. The molecule has 0 atom stereocenters. The fourth-order valence-electron chi connectivity index (χ4n) is 2.62. The third-order valence-corrected chi connectivity index (χ3v) is 4.51. The highest BCUT2D eigenvalue weighted by Gasteiger charge is 2.15. The minimum atomic E-state index is -0.740. The van der Waals surface area contributed by atoms with Gasteiger partial charge in [0.1, 0.15) is 40.7 Å². The summed E-state index contributed by atoms with van der Waals surface area (Å²) in [5.74, 6) is -0.507. The molecule has 0 spiro atoms. The summed E-state index contributed by atoms with van der Waals surface area (Å²) in [5, 5.41) is -0.153. The summed E-state index contributed by atoms with van der Waals surface area (Å²) in [6.45, 7) is 7.36. The molecule has 6 nitrogen and oxygen atoms in total. The Labute approximate surface area is 178 Å². The van der Waals surface area contributed by atoms with Gasteiger partial charge in [-0.2, -0.15) is 0 Å². The highest BCUT2D eigenvalue weighted by molar-refractivity contribution is 6.31. The van der Waals surface area contributed by atoms with Gasteiger partial charge in [0.05, 0.1) is 6.54 Å². The van der Waals surface area contributed by atoms with Gasteiger partial charge in [-0.1, -0.05) is 25.4 Å². The van der Waals surface area contributed by atoms with Crippen molar-refractivity contribution in [3.8, 4) is 5.75 Å². The van der Waals surface area contributed by atoms with Gasteiger partial charge in [-0.3, -0.25) is 4.79 Å². The average molecular weight is 437 g/mol. The lowest BCUT2D eigenvalue weighted by Crippen LogP contribution is -2.24. The van der Waals surface area contributed by atoms with Crippen LogP contribution in [0.5, 0.6) is 5.75 Å². The van der Waals surface area contributed by atoms with Crippen LogP contribution >= 0.6 is 11.6 Å². The standard InChI is InChI=1S/C19H17ClF2N4O2.C2H6/c1-10-5-16(28-9-12-3-4-14(21)6-15(12)22)17(20)19(27)26(10)8-13-7-24-11(2)25-18(13)23;1-2/h3-7H,8-9H2,1-2H3,(H2,23,24,25);1-2H3. The lowest BCUT2D eigenvalue weighted by atomic mass is 10.2. The molecule has 0 aliphatic rings. The number of nitrogens with zero attached hydrogens (tertiary/aromatic N) is 3. The Hall–Kier alpha value is -3.00. The Kier molecular flexibility index (Phi) is 7.88. The number of hydrogen-bond acceptors (Lipinski definition) is 5. The molecule has 0 fully saturated rings. The molecular formula is C21H23ClF2N4O2. The first-order chi connectivity index (χ1) is 14.3. The van der Waals surface area contributed by atoms with Crippen LogP contribution in [0.1, 0.15) is 36.5 Å². The number of nitrogens with two attached hydrogens (primary N) is 1. The van der Waals surface area contributed by atoms with Crippen LogP contribution in [0.2, 0.25) is 5.02 Å². The van der Waals surface area contributed by atoms with Crippen molar-refractivity contribution in [2.45, 2.75) is 40.8 Å². The smallest absolute Gasteiger partial charge is 0.273 e. The van der Waals surface area contributed by atoms with Crippen molar-refractivity contribution in [3.05, 3.63) is 80.1 Å². The van der Waals surface area contributed by atoms with E-state index in [0.29, 0.717) is 17.1 Å².